The Kier molecular flexibility index (Phi) is 12.3. The monoisotopic (exact) mass is 420 g/mol. The molecule has 2 N–H and O–H groups in total. The van der Waals surface area contributed by atoms with Gasteiger partial charge >= 0.3 is 0 Å². The number of likely N-dealkylation sites (N-methyl/N-ethyl adjacent to an activating group) is 1. The van der Waals surface area contributed by atoms with Gasteiger partial charge in [0, 0.05) is 39.9 Å². The number of benzene rings is 1. The SMILES string of the molecule is CCN(CC)CCOc1ccc(CNC(=NC)NCCCOCC2CCCO2)cc1. The van der Waals surface area contributed by atoms with E-state index in [1.165, 1.54) is 5.56 Å². The topological polar surface area (TPSA) is 67.4 Å². The predicted molar refractivity (Wildman–Crippen MR) is 122 cm³/mol. The van der Waals surface area contributed by atoms with Gasteiger partial charge in [-0.2, -0.15) is 0 Å². The molecule has 170 valence electrons. The molecule has 1 unspecified atom stereocenters. The Morgan fingerprint density at radius 3 is 2.63 bits per heavy atom. The van der Waals surface area contributed by atoms with Gasteiger partial charge < -0.3 is 29.7 Å². The van der Waals surface area contributed by atoms with Crippen LogP contribution >= 0.6 is 0 Å². The summed E-state index contributed by atoms with van der Waals surface area (Å²) in [6.45, 7) is 12.0. The lowest BCUT2D eigenvalue weighted by Crippen LogP contribution is -2.37. The van der Waals surface area contributed by atoms with Crippen LogP contribution in [-0.2, 0) is 16.0 Å². The molecule has 0 aromatic heterocycles. The van der Waals surface area contributed by atoms with Crippen LogP contribution in [0, 0.1) is 0 Å². The van der Waals surface area contributed by atoms with Crippen LogP contribution in [0.4, 0.5) is 0 Å². The second-order valence-electron chi connectivity index (χ2n) is 7.44. The van der Waals surface area contributed by atoms with Crippen molar-refractivity contribution in [3.8, 4) is 5.75 Å². The zero-order valence-electron chi connectivity index (χ0n) is 19.0. The number of nitrogens with one attached hydrogen (secondary N) is 2. The number of nitrogens with zero attached hydrogens (tertiary/aromatic N) is 2. The maximum atomic E-state index is 5.84. The minimum Gasteiger partial charge on any atom is -0.492 e. The minimum atomic E-state index is 0.298. The normalized spacial score (nSPS) is 16.8. The number of ether oxygens (including phenoxy) is 3. The van der Waals surface area contributed by atoms with Gasteiger partial charge in [-0.25, -0.2) is 0 Å². The molecule has 1 aliphatic rings. The summed E-state index contributed by atoms with van der Waals surface area (Å²) < 4.78 is 17.1. The Bertz CT molecular complexity index is 585. The maximum Gasteiger partial charge on any atom is 0.191 e. The molecule has 1 heterocycles. The molecule has 2 rings (SSSR count). The van der Waals surface area contributed by atoms with Gasteiger partial charge in [-0.3, -0.25) is 4.99 Å². The van der Waals surface area contributed by atoms with Gasteiger partial charge in [0.2, 0.25) is 0 Å². The Morgan fingerprint density at radius 2 is 1.97 bits per heavy atom. The van der Waals surface area contributed by atoms with Crippen molar-refractivity contribution in [3.05, 3.63) is 29.8 Å². The first kappa shape index (κ1) is 24.4. The second-order valence-corrected chi connectivity index (χ2v) is 7.44. The summed E-state index contributed by atoms with van der Waals surface area (Å²) in [6, 6.07) is 8.24. The fourth-order valence-corrected chi connectivity index (χ4v) is 3.31. The third kappa shape index (κ3) is 9.78. The van der Waals surface area contributed by atoms with Crippen molar-refractivity contribution in [3.63, 3.8) is 0 Å². The van der Waals surface area contributed by atoms with E-state index in [0.717, 1.165) is 76.9 Å². The zero-order valence-corrected chi connectivity index (χ0v) is 19.0. The highest BCUT2D eigenvalue weighted by Crippen LogP contribution is 2.13. The summed E-state index contributed by atoms with van der Waals surface area (Å²) in [5, 5.41) is 6.67. The first-order valence-corrected chi connectivity index (χ1v) is 11.3. The smallest absolute Gasteiger partial charge is 0.191 e. The molecule has 1 aromatic carbocycles. The van der Waals surface area contributed by atoms with E-state index in [2.05, 4.69) is 46.5 Å². The molecule has 1 fully saturated rings. The van der Waals surface area contributed by atoms with Crippen LogP contribution in [0.2, 0.25) is 0 Å². The maximum absolute atomic E-state index is 5.84. The van der Waals surface area contributed by atoms with Crippen molar-refractivity contribution >= 4 is 5.96 Å². The first-order valence-electron chi connectivity index (χ1n) is 11.3. The quantitative estimate of drug-likeness (QED) is 0.274. The molecule has 1 saturated heterocycles. The fourth-order valence-electron chi connectivity index (χ4n) is 3.31. The number of aliphatic imine (C=N–C) groups is 1. The van der Waals surface area contributed by atoms with Gasteiger partial charge in [-0.1, -0.05) is 26.0 Å². The van der Waals surface area contributed by atoms with Crippen LogP contribution in [0.15, 0.2) is 29.3 Å². The zero-order chi connectivity index (χ0) is 21.4. The predicted octanol–water partition coefficient (Wildman–Crippen LogP) is 2.66. The molecule has 0 amide bonds. The van der Waals surface area contributed by atoms with E-state index in [4.69, 9.17) is 14.2 Å². The third-order valence-corrected chi connectivity index (χ3v) is 5.26. The molecule has 1 atom stereocenters. The van der Waals surface area contributed by atoms with Gasteiger partial charge in [0.15, 0.2) is 5.96 Å². The van der Waals surface area contributed by atoms with Crippen molar-refractivity contribution in [1.82, 2.24) is 15.5 Å². The van der Waals surface area contributed by atoms with Crippen molar-refractivity contribution < 1.29 is 14.2 Å². The highest BCUT2D eigenvalue weighted by Gasteiger charge is 2.14. The molecule has 0 spiro atoms. The standard InChI is InChI=1S/C23H40N4O3/c1-4-27(5-2)14-17-30-21-11-9-20(10-12-21)18-26-23(24-3)25-13-7-15-28-19-22-8-6-16-29-22/h9-12,22H,4-8,13-19H2,1-3H3,(H2,24,25,26). The van der Waals surface area contributed by atoms with E-state index in [1.54, 1.807) is 7.05 Å². The van der Waals surface area contributed by atoms with Crippen molar-refractivity contribution in [2.45, 2.75) is 45.8 Å². The first-order chi connectivity index (χ1) is 14.7. The molecule has 0 aliphatic carbocycles. The third-order valence-electron chi connectivity index (χ3n) is 5.26. The molecule has 0 bridgehead atoms. The molecule has 7 heteroatoms. The average Bonchev–Trinajstić information content (AvgIpc) is 3.30. The second kappa shape index (κ2) is 15.0. The Labute approximate surface area is 182 Å². The number of hydrogen-bond donors (Lipinski definition) is 2. The summed E-state index contributed by atoms with van der Waals surface area (Å²) in [4.78, 5) is 6.63. The van der Waals surface area contributed by atoms with E-state index >= 15 is 0 Å². The molecule has 7 nitrogen and oxygen atoms in total. The molecular formula is C23H40N4O3. The average molecular weight is 421 g/mol. The van der Waals surface area contributed by atoms with E-state index < -0.39 is 0 Å². The van der Waals surface area contributed by atoms with E-state index in [1.807, 2.05) is 12.1 Å². The number of guanidine groups is 1. The molecule has 0 saturated carbocycles. The van der Waals surface area contributed by atoms with Gasteiger partial charge in [-0.05, 0) is 50.0 Å². The Morgan fingerprint density at radius 1 is 1.17 bits per heavy atom. The lowest BCUT2D eigenvalue weighted by atomic mass is 10.2. The minimum absolute atomic E-state index is 0.298. The van der Waals surface area contributed by atoms with Crippen molar-refractivity contribution in [2.75, 3.05) is 59.7 Å². The van der Waals surface area contributed by atoms with Crippen molar-refractivity contribution in [2.24, 2.45) is 4.99 Å². The lowest BCUT2D eigenvalue weighted by molar-refractivity contribution is 0.0168. The number of rotatable bonds is 14. The Balaban J connectivity index is 1.56. The fraction of sp³-hybridized carbons (Fsp3) is 0.696. The summed E-state index contributed by atoms with van der Waals surface area (Å²) in [5.74, 6) is 1.71. The van der Waals surface area contributed by atoms with Crippen molar-refractivity contribution in [1.29, 1.82) is 0 Å². The van der Waals surface area contributed by atoms with Crippen LogP contribution in [0.25, 0.3) is 0 Å². The van der Waals surface area contributed by atoms with Crippen LogP contribution in [0.3, 0.4) is 0 Å². The van der Waals surface area contributed by atoms with Crippen LogP contribution in [0.1, 0.15) is 38.7 Å². The highest BCUT2D eigenvalue weighted by molar-refractivity contribution is 5.79. The van der Waals surface area contributed by atoms with E-state index in [9.17, 15) is 0 Å². The molecule has 0 radical (unpaired) electrons. The van der Waals surface area contributed by atoms with Crippen LogP contribution in [-0.4, -0.2) is 76.6 Å². The Hall–Kier alpha value is -1.83. The largest absolute Gasteiger partial charge is 0.492 e. The molecule has 1 aliphatic heterocycles. The van der Waals surface area contributed by atoms with Gasteiger partial charge in [0.25, 0.3) is 0 Å². The molecular weight excluding hydrogens is 380 g/mol. The summed E-state index contributed by atoms with van der Waals surface area (Å²) in [5.41, 5.74) is 1.19. The summed E-state index contributed by atoms with van der Waals surface area (Å²) in [7, 11) is 1.79. The summed E-state index contributed by atoms with van der Waals surface area (Å²) in [6.07, 6.45) is 3.52. The van der Waals surface area contributed by atoms with Gasteiger partial charge in [0.1, 0.15) is 12.4 Å². The van der Waals surface area contributed by atoms with Crippen LogP contribution in [0.5, 0.6) is 5.75 Å². The highest BCUT2D eigenvalue weighted by atomic mass is 16.5. The molecule has 1 aromatic rings. The number of hydrogen-bond acceptors (Lipinski definition) is 5. The van der Waals surface area contributed by atoms with E-state index in [0.29, 0.717) is 19.3 Å². The molecule has 30 heavy (non-hydrogen) atoms. The summed E-state index contributed by atoms with van der Waals surface area (Å²) >= 11 is 0. The van der Waals surface area contributed by atoms with Gasteiger partial charge in [0.05, 0.1) is 12.7 Å². The lowest BCUT2D eigenvalue weighted by Gasteiger charge is -2.18. The van der Waals surface area contributed by atoms with Gasteiger partial charge in [-0.15, -0.1) is 0 Å². The van der Waals surface area contributed by atoms with E-state index in [-0.39, 0.29) is 0 Å². The van der Waals surface area contributed by atoms with Crippen LogP contribution < -0.4 is 15.4 Å².